The first kappa shape index (κ1) is 12.2. The normalized spacial score (nSPS) is 9.41. The first-order valence-corrected chi connectivity index (χ1v) is 4.01. The fourth-order valence-corrected chi connectivity index (χ4v) is 0.725. The lowest BCUT2D eigenvalue weighted by Crippen LogP contribution is -2.16. The Kier molecular flexibility index (Phi) is 3.44. The van der Waals surface area contributed by atoms with Crippen molar-refractivity contribution < 1.29 is 29.3 Å². The number of nitrogens with zero attached hydrogens (tertiary/aromatic N) is 3. The first-order valence-electron chi connectivity index (χ1n) is 4.01. The number of aromatic carboxylic acids is 2. The molecule has 0 spiro atoms. The highest BCUT2D eigenvalue weighted by molar-refractivity contribution is 5.87. The van der Waals surface area contributed by atoms with E-state index in [1.165, 1.54) is 0 Å². The van der Waals surface area contributed by atoms with E-state index in [1.54, 1.807) is 0 Å². The monoisotopic (exact) mass is 239 g/mol. The van der Waals surface area contributed by atoms with Gasteiger partial charge < -0.3 is 14.9 Å². The van der Waals surface area contributed by atoms with Crippen LogP contribution in [0.4, 0.5) is 0 Å². The summed E-state index contributed by atoms with van der Waals surface area (Å²) in [6.45, 7) is 3.09. The van der Waals surface area contributed by atoms with Crippen molar-refractivity contribution in [1.29, 1.82) is 0 Å². The Balaban J connectivity index is 3.21. The van der Waals surface area contributed by atoms with Crippen LogP contribution in [-0.4, -0.2) is 43.1 Å². The minimum atomic E-state index is -1.58. The number of ether oxygens (including phenoxy) is 1. The molecule has 0 saturated carbocycles. The molecule has 9 heteroatoms. The Morgan fingerprint density at radius 2 is 1.53 bits per heavy atom. The Bertz CT molecular complexity index is 480. The van der Waals surface area contributed by atoms with E-state index in [-0.39, 0.29) is 0 Å². The zero-order chi connectivity index (χ0) is 13.0. The lowest BCUT2D eigenvalue weighted by molar-refractivity contribution is -0.129. The summed E-state index contributed by atoms with van der Waals surface area (Å²) < 4.78 is 4.40. The molecule has 2 N–H and O–H groups in total. The molecular formula is C8H5N3O6. The van der Waals surface area contributed by atoms with E-state index in [4.69, 9.17) is 10.2 Å². The van der Waals surface area contributed by atoms with E-state index in [2.05, 4.69) is 26.3 Å². The van der Waals surface area contributed by atoms with Crippen LogP contribution >= 0.6 is 0 Å². The zero-order valence-electron chi connectivity index (χ0n) is 8.15. The summed E-state index contributed by atoms with van der Waals surface area (Å²) in [4.78, 5) is 41.5. The van der Waals surface area contributed by atoms with E-state index in [0.717, 1.165) is 6.08 Å². The lowest BCUT2D eigenvalue weighted by atomic mass is 10.5. The maximum Gasteiger partial charge on any atom is 0.374 e. The zero-order valence-corrected chi connectivity index (χ0v) is 8.15. The number of carbonyl (C=O) groups is 3. The van der Waals surface area contributed by atoms with Crippen molar-refractivity contribution in [3.63, 3.8) is 0 Å². The van der Waals surface area contributed by atoms with Gasteiger partial charge in [0, 0.05) is 6.08 Å². The maximum atomic E-state index is 10.8. The van der Waals surface area contributed by atoms with Gasteiger partial charge in [0.2, 0.25) is 11.6 Å². The second-order valence-corrected chi connectivity index (χ2v) is 2.50. The van der Waals surface area contributed by atoms with Crippen molar-refractivity contribution in [2.75, 3.05) is 0 Å². The van der Waals surface area contributed by atoms with Gasteiger partial charge in [-0.1, -0.05) is 6.58 Å². The standard InChI is InChI=1S/C8H5N3O6/c1-2-3(12)17-8-10-4(6(13)14)9-5(11-8)7(15)16/h2H,1H2,(H,13,14)(H,15,16). The van der Waals surface area contributed by atoms with E-state index in [0.29, 0.717) is 0 Å². The molecular weight excluding hydrogens is 234 g/mol. The van der Waals surface area contributed by atoms with Gasteiger partial charge in [-0.3, -0.25) is 0 Å². The molecule has 88 valence electrons. The Morgan fingerprint density at radius 3 is 1.88 bits per heavy atom. The average molecular weight is 239 g/mol. The van der Waals surface area contributed by atoms with Gasteiger partial charge >= 0.3 is 23.9 Å². The molecule has 1 heterocycles. The summed E-state index contributed by atoms with van der Waals surface area (Å²) in [5.41, 5.74) is 0. The molecule has 1 aromatic rings. The molecule has 0 bridgehead atoms. The van der Waals surface area contributed by atoms with E-state index in [1.807, 2.05) is 0 Å². The number of hydrogen-bond donors (Lipinski definition) is 2. The Morgan fingerprint density at radius 1 is 1.06 bits per heavy atom. The number of carboxylic acid groups (broad SMARTS) is 2. The van der Waals surface area contributed by atoms with Crippen molar-refractivity contribution in [2.24, 2.45) is 0 Å². The molecule has 0 unspecified atom stereocenters. The largest absolute Gasteiger partial charge is 0.475 e. The summed E-state index contributed by atoms with van der Waals surface area (Å²) in [6, 6.07) is -0.722. The smallest absolute Gasteiger partial charge is 0.374 e. The quantitative estimate of drug-likeness (QED) is 0.518. The third-order valence-electron chi connectivity index (χ3n) is 1.36. The molecule has 0 aromatic carbocycles. The number of rotatable bonds is 4. The topological polar surface area (TPSA) is 140 Å². The van der Waals surface area contributed by atoms with Gasteiger partial charge in [-0.2, -0.15) is 15.0 Å². The van der Waals surface area contributed by atoms with Gasteiger partial charge in [-0.25, -0.2) is 14.4 Å². The van der Waals surface area contributed by atoms with Gasteiger partial charge in [-0.15, -0.1) is 0 Å². The van der Waals surface area contributed by atoms with Crippen LogP contribution in [0.5, 0.6) is 6.01 Å². The van der Waals surface area contributed by atoms with Crippen molar-refractivity contribution in [1.82, 2.24) is 15.0 Å². The lowest BCUT2D eigenvalue weighted by Gasteiger charge is -2.01. The molecule has 0 aliphatic heterocycles. The van der Waals surface area contributed by atoms with Crippen molar-refractivity contribution in [3.8, 4) is 6.01 Å². The predicted molar refractivity (Wildman–Crippen MR) is 49.6 cm³/mol. The molecule has 0 aliphatic carbocycles. The summed E-state index contributed by atoms with van der Waals surface area (Å²) >= 11 is 0. The van der Waals surface area contributed by atoms with Gasteiger partial charge in [0.15, 0.2) is 0 Å². The van der Waals surface area contributed by atoms with Gasteiger partial charge in [0.05, 0.1) is 0 Å². The van der Waals surface area contributed by atoms with Crippen LogP contribution in [0.2, 0.25) is 0 Å². The third kappa shape index (κ3) is 3.06. The van der Waals surface area contributed by atoms with Gasteiger partial charge in [0.25, 0.3) is 0 Å². The van der Waals surface area contributed by atoms with Crippen LogP contribution in [0.25, 0.3) is 0 Å². The summed E-state index contributed by atoms with van der Waals surface area (Å²) in [5.74, 6) is -5.80. The van der Waals surface area contributed by atoms with Crippen LogP contribution in [0.1, 0.15) is 21.2 Å². The average Bonchev–Trinajstić information content (AvgIpc) is 2.28. The Labute approximate surface area is 93.4 Å². The SMILES string of the molecule is C=CC(=O)Oc1nc(C(=O)O)nc(C(=O)O)n1. The van der Waals surface area contributed by atoms with Crippen LogP contribution in [0, 0.1) is 0 Å². The number of carbonyl (C=O) groups excluding carboxylic acids is 1. The molecule has 0 aliphatic rings. The third-order valence-corrected chi connectivity index (χ3v) is 1.36. The van der Waals surface area contributed by atoms with Crippen LogP contribution in [-0.2, 0) is 4.79 Å². The van der Waals surface area contributed by atoms with Gasteiger partial charge in [0.1, 0.15) is 0 Å². The minimum Gasteiger partial charge on any atom is -0.475 e. The number of esters is 1. The minimum absolute atomic E-state index is 0.722. The summed E-state index contributed by atoms with van der Waals surface area (Å²) in [7, 11) is 0. The maximum absolute atomic E-state index is 10.8. The molecule has 1 aromatic heterocycles. The van der Waals surface area contributed by atoms with Gasteiger partial charge in [-0.05, 0) is 0 Å². The highest BCUT2D eigenvalue weighted by Crippen LogP contribution is 2.05. The predicted octanol–water partition coefficient (Wildman–Crippen LogP) is -0.641. The van der Waals surface area contributed by atoms with E-state index < -0.39 is 35.6 Å². The molecule has 0 saturated heterocycles. The second-order valence-electron chi connectivity index (χ2n) is 2.50. The van der Waals surface area contributed by atoms with Crippen molar-refractivity contribution >= 4 is 17.9 Å². The second kappa shape index (κ2) is 4.79. The fraction of sp³-hybridized carbons (Fsp3) is 0. The number of hydrogen-bond acceptors (Lipinski definition) is 7. The van der Waals surface area contributed by atoms with E-state index >= 15 is 0 Å². The first-order chi connectivity index (χ1) is 7.93. The highest BCUT2D eigenvalue weighted by atomic mass is 16.5. The van der Waals surface area contributed by atoms with Crippen LogP contribution in [0.15, 0.2) is 12.7 Å². The number of aromatic nitrogens is 3. The molecule has 0 amide bonds. The molecule has 0 atom stereocenters. The Hall–Kier alpha value is -2.84. The highest BCUT2D eigenvalue weighted by Gasteiger charge is 2.18. The number of carboxylic acids is 2. The molecule has 0 radical (unpaired) electrons. The fourth-order valence-electron chi connectivity index (χ4n) is 0.725. The van der Waals surface area contributed by atoms with Crippen LogP contribution in [0.3, 0.4) is 0 Å². The van der Waals surface area contributed by atoms with Crippen molar-refractivity contribution in [2.45, 2.75) is 0 Å². The molecule has 1 rings (SSSR count). The van der Waals surface area contributed by atoms with E-state index in [9.17, 15) is 14.4 Å². The molecule has 9 nitrogen and oxygen atoms in total. The summed E-state index contributed by atoms with van der Waals surface area (Å²) in [6.07, 6.45) is 0.782. The molecule has 0 fully saturated rings. The summed E-state index contributed by atoms with van der Waals surface area (Å²) in [5, 5.41) is 17.2. The van der Waals surface area contributed by atoms with Crippen LogP contribution < -0.4 is 4.74 Å². The molecule has 17 heavy (non-hydrogen) atoms. The van der Waals surface area contributed by atoms with Crippen molar-refractivity contribution in [3.05, 3.63) is 24.3 Å².